The minimum absolute atomic E-state index is 0.0781. The Morgan fingerprint density at radius 3 is 2.65 bits per heavy atom. The highest BCUT2D eigenvalue weighted by Gasteiger charge is 2.31. The van der Waals surface area contributed by atoms with Gasteiger partial charge in [-0.15, -0.1) is 0 Å². The Morgan fingerprint density at radius 2 is 2.10 bits per heavy atom. The van der Waals surface area contributed by atoms with Crippen molar-refractivity contribution in [2.24, 2.45) is 0 Å². The Bertz CT molecular complexity index is 477. The van der Waals surface area contributed by atoms with E-state index >= 15 is 0 Å². The number of nitrogens with one attached hydrogen (secondary N) is 1. The van der Waals surface area contributed by atoms with Crippen LogP contribution in [0.5, 0.6) is 0 Å². The summed E-state index contributed by atoms with van der Waals surface area (Å²) in [6, 6.07) is 3.12. The number of methoxy groups -OCH3 is 1. The number of carbonyl (C=O) groups is 1. The molecule has 1 aromatic rings. The van der Waals surface area contributed by atoms with E-state index in [1.807, 2.05) is 6.92 Å². The molecule has 1 unspecified atom stereocenters. The Balaban J connectivity index is 2.74. The maximum absolute atomic E-state index is 12.6. The van der Waals surface area contributed by atoms with Gasteiger partial charge in [0.25, 0.3) is 0 Å². The third-order valence-corrected chi connectivity index (χ3v) is 3.44. The predicted molar refractivity (Wildman–Crippen MR) is 73.5 cm³/mol. The van der Waals surface area contributed by atoms with E-state index in [2.05, 4.69) is 21.2 Å². The lowest BCUT2D eigenvalue weighted by Gasteiger charge is -2.13. The van der Waals surface area contributed by atoms with Crippen LogP contribution in [0.4, 0.5) is 18.9 Å². The maximum atomic E-state index is 12.6. The van der Waals surface area contributed by atoms with Crippen LogP contribution in [-0.2, 0) is 15.7 Å². The summed E-state index contributed by atoms with van der Waals surface area (Å²) < 4.78 is 43.2. The van der Waals surface area contributed by atoms with Crippen molar-refractivity contribution in [3.8, 4) is 0 Å². The van der Waals surface area contributed by atoms with Gasteiger partial charge in [0.05, 0.1) is 17.4 Å². The highest BCUT2D eigenvalue weighted by atomic mass is 79.9. The Morgan fingerprint density at radius 1 is 1.45 bits per heavy atom. The zero-order chi connectivity index (χ0) is 15.3. The van der Waals surface area contributed by atoms with Crippen LogP contribution in [0.15, 0.2) is 22.7 Å². The van der Waals surface area contributed by atoms with Crippen LogP contribution >= 0.6 is 15.9 Å². The number of hydrogen-bond donors (Lipinski definition) is 1. The molecule has 0 saturated carbocycles. The van der Waals surface area contributed by atoms with E-state index in [9.17, 15) is 18.0 Å². The molecule has 0 aliphatic rings. The molecule has 0 saturated heterocycles. The molecule has 0 radical (unpaired) electrons. The number of anilines is 1. The van der Waals surface area contributed by atoms with Gasteiger partial charge < -0.3 is 10.1 Å². The van der Waals surface area contributed by atoms with Crippen LogP contribution in [0, 0.1) is 0 Å². The molecule has 0 spiro atoms. The van der Waals surface area contributed by atoms with Crippen molar-refractivity contribution in [1.82, 2.24) is 0 Å². The number of carbonyl (C=O) groups excluding carboxylic acids is 1. The van der Waals surface area contributed by atoms with E-state index in [4.69, 9.17) is 4.74 Å². The molecule has 112 valence electrons. The van der Waals surface area contributed by atoms with Crippen LogP contribution in [0.1, 0.15) is 25.3 Å². The predicted octanol–water partition coefficient (Wildman–Crippen LogP) is 4.22. The maximum Gasteiger partial charge on any atom is 0.416 e. The van der Waals surface area contributed by atoms with Gasteiger partial charge in [-0.1, -0.05) is 0 Å². The monoisotopic (exact) mass is 353 g/mol. The number of amides is 1. The number of rotatable bonds is 5. The van der Waals surface area contributed by atoms with E-state index in [1.54, 1.807) is 0 Å². The lowest BCUT2D eigenvalue weighted by atomic mass is 10.1. The molecule has 0 heterocycles. The second-order valence-corrected chi connectivity index (χ2v) is 5.18. The first-order valence-electron chi connectivity index (χ1n) is 5.93. The molecule has 1 N–H and O–H groups in total. The standard InChI is InChI=1S/C13H15BrF3NO2/c1-8(20-2)3-6-12(19)18-11-7-9(13(15,16)17)4-5-10(11)14/h4-5,7-8H,3,6H2,1-2H3,(H,18,19). The second-order valence-electron chi connectivity index (χ2n) is 4.33. The zero-order valence-corrected chi connectivity index (χ0v) is 12.6. The fraction of sp³-hybridized carbons (Fsp3) is 0.462. The molecular formula is C13H15BrF3NO2. The molecule has 1 atom stereocenters. The van der Waals surface area contributed by atoms with E-state index < -0.39 is 11.7 Å². The molecule has 3 nitrogen and oxygen atoms in total. The van der Waals surface area contributed by atoms with Gasteiger partial charge in [-0.05, 0) is 47.5 Å². The first-order valence-corrected chi connectivity index (χ1v) is 6.72. The van der Waals surface area contributed by atoms with Crippen molar-refractivity contribution in [3.05, 3.63) is 28.2 Å². The van der Waals surface area contributed by atoms with E-state index in [1.165, 1.54) is 13.2 Å². The van der Waals surface area contributed by atoms with Crippen molar-refractivity contribution < 1.29 is 22.7 Å². The summed E-state index contributed by atoms with van der Waals surface area (Å²) in [5.41, 5.74) is -0.698. The normalized spacial score (nSPS) is 13.1. The van der Waals surface area contributed by atoms with Gasteiger partial charge in [0.1, 0.15) is 0 Å². The largest absolute Gasteiger partial charge is 0.416 e. The summed E-state index contributed by atoms with van der Waals surface area (Å²) >= 11 is 3.11. The molecule has 7 heteroatoms. The summed E-state index contributed by atoms with van der Waals surface area (Å²) in [5, 5.41) is 2.46. The number of benzene rings is 1. The van der Waals surface area contributed by atoms with Gasteiger partial charge in [0.15, 0.2) is 0 Å². The zero-order valence-electron chi connectivity index (χ0n) is 11.1. The molecular weight excluding hydrogens is 339 g/mol. The van der Waals surface area contributed by atoms with E-state index in [0.29, 0.717) is 10.9 Å². The second kappa shape index (κ2) is 7.08. The summed E-state index contributed by atoms with van der Waals surface area (Å²) in [6.07, 6.45) is -3.84. The van der Waals surface area contributed by atoms with Crippen LogP contribution in [0.3, 0.4) is 0 Å². The number of ether oxygens (including phenoxy) is 1. The molecule has 0 bridgehead atoms. The van der Waals surface area contributed by atoms with Gasteiger partial charge in [0.2, 0.25) is 5.91 Å². The molecule has 0 fully saturated rings. The van der Waals surface area contributed by atoms with Crippen LogP contribution in [-0.4, -0.2) is 19.1 Å². The van der Waals surface area contributed by atoms with E-state index in [0.717, 1.165) is 12.1 Å². The molecule has 1 rings (SSSR count). The fourth-order valence-electron chi connectivity index (χ4n) is 1.46. The topological polar surface area (TPSA) is 38.3 Å². The van der Waals surface area contributed by atoms with Gasteiger partial charge in [-0.2, -0.15) is 13.2 Å². The van der Waals surface area contributed by atoms with Gasteiger partial charge in [0, 0.05) is 18.0 Å². The minimum Gasteiger partial charge on any atom is -0.382 e. The number of halogens is 4. The summed E-state index contributed by atoms with van der Waals surface area (Å²) in [4.78, 5) is 11.7. The van der Waals surface area contributed by atoms with Gasteiger partial charge in [-0.25, -0.2) is 0 Å². The molecule has 0 aliphatic carbocycles. The van der Waals surface area contributed by atoms with Crippen LogP contribution < -0.4 is 5.32 Å². The highest BCUT2D eigenvalue weighted by Crippen LogP contribution is 2.34. The summed E-state index contributed by atoms with van der Waals surface area (Å²) in [6.45, 7) is 1.81. The van der Waals surface area contributed by atoms with Crippen molar-refractivity contribution in [2.45, 2.75) is 32.0 Å². The van der Waals surface area contributed by atoms with Crippen LogP contribution in [0.25, 0.3) is 0 Å². The molecule has 20 heavy (non-hydrogen) atoms. The van der Waals surface area contributed by atoms with Gasteiger partial charge in [-0.3, -0.25) is 4.79 Å². The number of alkyl halides is 3. The average molecular weight is 354 g/mol. The first kappa shape index (κ1) is 17.0. The summed E-state index contributed by atoms with van der Waals surface area (Å²) in [7, 11) is 1.53. The average Bonchev–Trinajstić information content (AvgIpc) is 2.37. The highest BCUT2D eigenvalue weighted by molar-refractivity contribution is 9.10. The fourth-order valence-corrected chi connectivity index (χ4v) is 1.81. The van der Waals surface area contributed by atoms with Crippen molar-refractivity contribution in [2.75, 3.05) is 12.4 Å². The summed E-state index contributed by atoms with van der Waals surface area (Å²) in [5.74, 6) is -0.353. The Kier molecular flexibility index (Phi) is 6.01. The lowest BCUT2D eigenvalue weighted by Crippen LogP contribution is -2.16. The molecule has 1 amide bonds. The van der Waals surface area contributed by atoms with Gasteiger partial charge >= 0.3 is 6.18 Å². The minimum atomic E-state index is -4.44. The Hall–Kier alpha value is -1.08. The molecule has 0 aliphatic heterocycles. The third kappa shape index (κ3) is 5.13. The first-order chi connectivity index (χ1) is 9.24. The Labute approximate surface area is 123 Å². The lowest BCUT2D eigenvalue weighted by molar-refractivity contribution is -0.137. The number of hydrogen-bond acceptors (Lipinski definition) is 2. The van der Waals surface area contributed by atoms with Crippen LogP contribution in [0.2, 0.25) is 0 Å². The van der Waals surface area contributed by atoms with Crippen molar-refractivity contribution >= 4 is 27.5 Å². The van der Waals surface area contributed by atoms with E-state index in [-0.39, 0.29) is 24.1 Å². The quantitative estimate of drug-likeness (QED) is 0.860. The third-order valence-electron chi connectivity index (χ3n) is 2.75. The smallest absolute Gasteiger partial charge is 0.382 e. The SMILES string of the molecule is COC(C)CCC(=O)Nc1cc(C(F)(F)F)ccc1Br. The molecule has 0 aromatic heterocycles. The van der Waals surface area contributed by atoms with Crippen molar-refractivity contribution in [3.63, 3.8) is 0 Å². The molecule has 1 aromatic carbocycles. The van der Waals surface area contributed by atoms with Crippen molar-refractivity contribution in [1.29, 1.82) is 0 Å².